The van der Waals surface area contributed by atoms with Crippen molar-refractivity contribution in [1.29, 1.82) is 0 Å². The Morgan fingerprint density at radius 3 is 2.11 bits per heavy atom. The van der Waals surface area contributed by atoms with Gasteiger partial charge < -0.3 is 0 Å². The maximum absolute atomic E-state index is 13.0. The van der Waals surface area contributed by atoms with Crippen LogP contribution in [0.3, 0.4) is 0 Å². The van der Waals surface area contributed by atoms with Crippen LogP contribution in [-0.2, 0) is 14.8 Å². The lowest BCUT2D eigenvalue weighted by Crippen LogP contribution is -2.44. The zero-order chi connectivity index (χ0) is 21.0. The normalized spacial score (nSPS) is 15.4. The molecule has 0 saturated carbocycles. The van der Waals surface area contributed by atoms with Crippen LogP contribution in [0.1, 0.15) is 83.5 Å². The van der Waals surface area contributed by atoms with Crippen LogP contribution in [0.15, 0.2) is 11.8 Å². The molecule has 28 heavy (non-hydrogen) atoms. The summed E-state index contributed by atoms with van der Waals surface area (Å²) in [5.74, 6) is 0.207. The molecule has 1 rings (SSSR count). The molecule has 0 aromatic heterocycles. The number of unbranched alkanes of at least 4 members (excludes halogenated alkanes) is 7. The maximum atomic E-state index is 13.0. The first-order chi connectivity index (χ1) is 13.2. The monoisotopic (exact) mass is 443 g/mol. The Balaban J connectivity index is 2.47. The quantitative estimate of drug-likeness (QED) is 0.328. The SMILES string of the molecule is CSCCCCCCCCCCC(=O)N(C1=CCCCC1)S(=O)(=O)C(F)(F)F. The van der Waals surface area contributed by atoms with Gasteiger partial charge in [-0.1, -0.05) is 44.6 Å². The van der Waals surface area contributed by atoms with E-state index in [0.29, 0.717) is 19.3 Å². The summed E-state index contributed by atoms with van der Waals surface area (Å²) < 4.78 is 62.9. The second-order valence-electron chi connectivity index (χ2n) is 7.12. The number of hydrogen-bond donors (Lipinski definition) is 0. The molecule has 164 valence electrons. The molecule has 0 aliphatic heterocycles. The van der Waals surface area contributed by atoms with Crippen LogP contribution in [0.2, 0.25) is 0 Å². The second-order valence-corrected chi connectivity index (χ2v) is 9.89. The number of halogens is 3. The van der Waals surface area contributed by atoms with E-state index in [1.807, 2.05) is 11.8 Å². The largest absolute Gasteiger partial charge is 0.517 e. The van der Waals surface area contributed by atoms with Crippen LogP contribution < -0.4 is 0 Å². The fraction of sp³-hybridized carbons (Fsp3) is 0.842. The Morgan fingerprint density at radius 2 is 1.61 bits per heavy atom. The molecule has 1 amide bonds. The average molecular weight is 444 g/mol. The van der Waals surface area contributed by atoms with Crippen molar-refractivity contribution in [1.82, 2.24) is 4.31 Å². The number of carbonyl (C=O) groups excluding carboxylic acids is 1. The molecule has 0 unspecified atom stereocenters. The van der Waals surface area contributed by atoms with E-state index < -0.39 is 21.4 Å². The Bertz CT molecular complexity index is 604. The minimum absolute atomic E-state index is 0.0257. The van der Waals surface area contributed by atoms with Gasteiger partial charge in [0.15, 0.2) is 0 Å². The van der Waals surface area contributed by atoms with Crippen LogP contribution in [0, 0.1) is 0 Å². The van der Waals surface area contributed by atoms with Gasteiger partial charge in [-0.3, -0.25) is 4.79 Å². The van der Waals surface area contributed by atoms with Gasteiger partial charge in [-0.05, 0) is 50.5 Å². The number of thioether (sulfide) groups is 1. The van der Waals surface area contributed by atoms with E-state index in [9.17, 15) is 26.4 Å². The zero-order valence-electron chi connectivity index (χ0n) is 16.6. The van der Waals surface area contributed by atoms with Crippen molar-refractivity contribution in [2.24, 2.45) is 0 Å². The van der Waals surface area contributed by atoms with Gasteiger partial charge in [0.05, 0.1) is 0 Å². The highest BCUT2D eigenvalue weighted by Crippen LogP contribution is 2.33. The summed E-state index contributed by atoms with van der Waals surface area (Å²) in [5.41, 5.74) is -5.50. The van der Waals surface area contributed by atoms with Gasteiger partial charge >= 0.3 is 15.5 Å². The highest BCUT2D eigenvalue weighted by molar-refractivity contribution is 7.98. The molecular formula is C19H32F3NO3S2. The van der Waals surface area contributed by atoms with Gasteiger partial charge in [-0.15, -0.1) is 0 Å². The summed E-state index contributed by atoms with van der Waals surface area (Å²) in [7, 11) is -5.69. The molecule has 1 aliphatic rings. The lowest BCUT2D eigenvalue weighted by molar-refractivity contribution is -0.126. The predicted molar refractivity (Wildman–Crippen MR) is 108 cm³/mol. The van der Waals surface area contributed by atoms with E-state index in [2.05, 4.69) is 6.26 Å². The fourth-order valence-electron chi connectivity index (χ4n) is 3.24. The number of hydrogen-bond acceptors (Lipinski definition) is 4. The van der Waals surface area contributed by atoms with E-state index in [1.165, 1.54) is 31.1 Å². The molecule has 4 nitrogen and oxygen atoms in total. The lowest BCUT2D eigenvalue weighted by Gasteiger charge is -2.27. The molecule has 0 heterocycles. The van der Waals surface area contributed by atoms with E-state index in [1.54, 1.807) is 0 Å². The van der Waals surface area contributed by atoms with E-state index in [0.717, 1.165) is 32.1 Å². The average Bonchev–Trinajstić information content (AvgIpc) is 2.63. The van der Waals surface area contributed by atoms with E-state index in [4.69, 9.17) is 0 Å². The smallest absolute Gasteiger partial charge is 0.273 e. The molecular weight excluding hydrogens is 411 g/mol. The standard InChI is InChI=1S/C19H32F3NO3S2/c1-27-16-12-7-5-3-2-4-6-11-15-18(24)23(17-13-9-8-10-14-17)28(25,26)19(20,21)22/h13H,2-12,14-16H2,1H3. The molecule has 0 spiro atoms. The molecule has 1 aliphatic carbocycles. The third-order valence-electron chi connectivity index (χ3n) is 4.78. The summed E-state index contributed by atoms with van der Waals surface area (Å²) >= 11 is 1.84. The first-order valence-corrected chi connectivity index (χ1v) is 12.9. The van der Waals surface area contributed by atoms with Crippen molar-refractivity contribution in [2.45, 2.75) is 89.0 Å². The Kier molecular flexibility index (Phi) is 11.6. The first-order valence-electron chi connectivity index (χ1n) is 10.0. The Labute approximate surface area is 171 Å². The van der Waals surface area contributed by atoms with Crippen LogP contribution in [0.5, 0.6) is 0 Å². The Morgan fingerprint density at radius 1 is 1.04 bits per heavy atom. The highest BCUT2D eigenvalue weighted by Gasteiger charge is 2.52. The summed E-state index contributed by atoms with van der Waals surface area (Å²) in [6.45, 7) is 0. The number of amides is 1. The van der Waals surface area contributed by atoms with Crippen LogP contribution in [0.4, 0.5) is 13.2 Å². The zero-order valence-corrected chi connectivity index (χ0v) is 18.2. The van der Waals surface area contributed by atoms with Gasteiger partial charge in [0.2, 0.25) is 5.91 Å². The topological polar surface area (TPSA) is 54.5 Å². The summed E-state index contributed by atoms with van der Waals surface area (Å²) in [4.78, 5) is 12.4. The summed E-state index contributed by atoms with van der Waals surface area (Å²) in [6, 6.07) is 0. The Hall–Kier alpha value is -0.700. The van der Waals surface area contributed by atoms with Gasteiger partial charge in [-0.25, -0.2) is 4.31 Å². The van der Waals surface area contributed by atoms with Crippen molar-refractivity contribution in [2.75, 3.05) is 12.0 Å². The van der Waals surface area contributed by atoms with Crippen LogP contribution >= 0.6 is 11.8 Å². The van der Waals surface area contributed by atoms with Crippen molar-refractivity contribution >= 4 is 27.7 Å². The van der Waals surface area contributed by atoms with Gasteiger partial charge in [0.25, 0.3) is 0 Å². The van der Waals surface area contributed by atoms with E-state index in [-0.39, 0.29) is 22.8 Å². The minimum Gasteiger partial charge on any atom is -0.273 e. The number of nitrogens with zero attached hydrogens (tertiary/aromatic N) is 1. The van der Waals surface area contributed by atoms with Crippen molar-refractivity contribution in [3.05, 3.63) is 11.8 Å². The third kappa shape index (κ3) is 8.35. The molecule has 0 saturated heterocycles. The summed E-state index contributed by atoms with van der Waals surface area (Å²) in [5, 5.41) is 0. The second kappa shape index (κ2) is 12.8. The van der Waals surface area contributed by atoms with Crippen LogP contribution in [-0.4, -0.2) is 36.1 Å². The molecule has 9 heteroatoms. The molecule has 0 fully saturated rings. The van der Waals surface area contributed by atoms with Crippen molar-refractivity contribution in [3.63, 3.8) is 0 Å². The van der Waals surface area contributed by atoms with E-state index >= 15 is 0 Å². The highest BCUT2D eigenvalue weighted by atomic mass is 32.2. The third-order valence-corrected chi connectivity index (χ3v) is 6.98. The molecule has 0 bridgehead atoms. The number of allylic oxidation sites excluding steroid dienone is 2. The summed E-state index contributed by atoms with van der Waals surface area (Å²) in [6.07, 6.45) is 13.2. The van der Waals surface area contributed by atoms with Crippen LogP contribution in [0.25, 0.3) is 0 Å². The number of carbonyl (C=O) groups is 1. The molecule has 0 radical (unpaired) electrons. The molecule has 0 atom stereocenters. The van der Waals surface area contributed by atoms with Gasteiger partial charge in [-0.2, -0.15) is 33.4 Å². The van der Waals surface area contributed by atoms with Gasteiger partial charge in [0.1, 0.15) is 0 Å². The molecule has 0 N–H and O–H groups in total. The minimum atomic E-state index is -5.69. The lowest BCUT2D eigenvalue weighted by atomic mass is 10.0. The molecule has 0 aromatic rings. The predicted octanol–water partition coefficient (Wildman–Crippen LogP) is 6.00. The van der Waals surface area contributed by atoms with Gasteiger partial charge in [0, 0.05) is 12.1 Å². The first kappa shape index (κ1) is 25.3. The van der Waals surface area contributed by atoms with Crippen molar-refractivity contribution < 1.29 is 26.4 Å². The molecule has 0 aromatic carbocycles. The number of alkyl halides is 3. The number of rotatable bonds is 13. The number of sulfonamides is 1. The fourth-order valence-corrected chi connectivity index (χ4v) is 4.78. The van der Waals surface area contributed by atoms with Crippen molar-refractivity contribution in [3.8, 4) is 0 Å². The maximum Gasteiger partial charge on any atom is 0.517 e.